The lowest BCUT2D eigenvalue weighted by atomic mass is 10.3. The highest BCUT2D eigenvalue weighted by Gasteiger charge is 2.13. The minimum atomic E-state index is 0.504. The number of fused-ring (bicyclic) bond motifs is 1. The number of imidazole rings is 1. The number of rotatable bonds is 4. The summed E-state index contributed by atoms with van der Waals surface area (Å²) in [5.41, 5.74) is 2.83. The standard InChI is InChI=1S/C14H11Cl3N2O/c15-3-1-14-18-12-5-10(16)11(17)6-13(12)19(14)7-9-2-4-20-8-9/h2,4-6,8H,1,3,7H2. The smallest absolute Gasteiger partial charge is 0.111 e. The Labute approximate surface area is 131 Å². The predicted octanol–water partition coefficient (Wildman–Crippen LogP) is 4.77. The third-order valence-electron chi connectivity index (χ3n) is 3.11. The van der Waals surface area contributed by atoms with Crippen LogP contribution in [0.25, 0.3) is 11.0 Å². The van der Waals surface area contributed by atoms with Gasteiger partial charge in [0.25, 0.3) is 0 Å². The quantitative estimate of drug-likeness (QED) is 0.646. The summed E-state index contributed by atoms with van der Waals surface area (Å²) in [7, 11) is 0. The first kappa shape index (κ1) is 13.8. The van der Waals surface area contributed by atoms with E-state index in [1.807, 2.05) is 12.1 Å². The van der Waals surface area contributed by atoms with Gasteiger partial charge in [0.15, 0.2) is 0 Å². The average Bonchev–Trinajstić information content (AvgIpc) is 3.02. The topological polar surface area (TPSA) is 31.0 Å². The number of aryl methyl sites for hydroxylation is 1. The monoisotopic (exact) mass is 328 g/mol. The Balaban J connectivity index is 2.15. The Bertz CT molecular complexity index is 735. The molecule has 0 saturated carbocycles. The molecular formula is C14H11Cl3N2O. The molecule has 0 amide bonds. The van der Waals surface area contributed by atoms with E-state index in [0.717, 1.165) is 22.4 Å². The van der Waals surface area contributed by atoms with E-state index in [9.17, 15) is 0 Å². The molecule has 3 aromatic rings. The van der Waals surface area contributed by atoms with E-state index in [2.05, 4.69) is 9.55 Å². The van der Waals surface area contributed by atoms with Crippen LogP contribution in [0.4, 0.5) is 0 Å². The van der Waals surface area contributed by atoms with Crippen LogP contribution in [-0.2, 0) is 13.0 Å². The highest BCUT2D eigenvalue weighted by atomic mass is 35.5. The summed E-state index contributed by atoms with van der Waals surface area (Å²) in [5.74, 6) is 1.42. The minimum Gasteiger partial charge on any atom is -0.472 e. The number of alkyl halides is 1. The van der Waals surface area contributed by atoms with Gasteiger partial charge >= 0.3 is 0 Å². The molecule has 0 saturated heterocycles. The molecule has 0 unspecified atom stereocenters. The molecule has 3 rings (SSSR count). The van der Waals surface area contributed by atoms with E-state index in [1.165, 1.54) is 0 Å². The Morgan fingerprint density at radius 1 is 1.20 bits per heavy atom. The van der Waals surface area contributed by atoms with Gasteiger partial charge in [-0.3, -0.25) is 0 Å². The van der Waals surface area contributed by atoms with E-state index >= 15 is 0 Å². The number of furan rings is 1. The van der Waals surface area contributed by atoms with Gasteiger partial charge in [-0.1, -0.05) is 23.2 Å². The highest BCUT2D eigenvalue weighted by Crippen LogP contribution is 2.29. The van der Waals surface area contributed by atoms with Crippen molar-refractivity contribution >= 4 is 45.8 Å². The molecule has 1 aromatic carbocycles. The molecule has 2 heterocycles. The first-order valence-corrected chi connectivity index (χ1v) is 7.39. The van der Waals surface area contributed by atoms with E-state index in [-0.39, 0.29) is 0 Å². The zero-order valence-electron chi connectivity index (χ0n) is 10.4. The van der Waals surface area contributed by atoms with Gasteiger partial charge in [-0.25, -0.2) is 4.98 Å². The summed E-state index contributed by atoms with van der Waals surface area (Å²) in [5, 5.41) is 1.02. The summed E-state index contributed by atoms with van der Waals surface area (Å²) < 4.78 is 7.20. The summed E-state index contributed by atoms with van der Waals surface area (Å²) in [6.07, 6.45) is 4.05. The lowest BCUT2D eigenvalue weighted by Crippen LogP contribution is -2.05. The van der Waals surface area contributed by atoms with Crippen LogP contribution in [-0.4, -0.2) is 15.4 Å². The first-order valence-electron chi connectivity index (χ1n) is 6.10. The maximum Gasteiger partial charge on any atom is 0.111 e. The number of aromatic nitrogens is 2. The third-order valence-corrected chi connectivity index (χ3v) is 4.02. The number of benzene rings is 1. The molecule has 0 spiro atoms. The van der Waals surface area contributed by atoms with E-state index in [1.54, 1.807) is 18.6 Å². The molecule has 2 aromatic heterocycles. The normalized spacial score (nSPS) is 11.3. The van der Waals surface area contributed by atoms with Crippen molar-refractivity contribution in [2.45, 2.75) is 13.0 Å². The lowest BCUT2D eigenvalue weighted by molar-refractivity contribution is 0.562. The Morgan fingerprint density at radius 2 is 2.00 bits per heavy atom. The molecular weight excluding hydrogens is 319 g/mol. The van der Waals surface area contributed by atoms with Crippen molar-refractivity contribution in [3.05, 3.63) is 52.2 Å². The SMILES string of the molecule is ClCCc1nc2cc(Cl)c(Cl)cc2n1Cc1ccoc1. The van der Waals surface area contributed by atoms with Crippen LogP contribution < -0.4 is 0 Å². The molecule has 20 heavy (non-hydrogen) atoms. The summed E-state index contributed by atoms with van der Waals surface area (Å²) in [6.45, 7) is 0.664. The largest absolute Gasteiger partial charge is 0.472 e. The predicted molar refractivity (Wildman–Crippen MR) is 82.0 cm³/mol. The molecule has 0 atom stereocenters. The molecule has 0 aliphatic heterocycles. The van der Waals surface area contributed by atoms with Crippen LogP contribution in [0.5, 0.6) is 0 Å². The van der Waals surface area contributed by atoms with Crippen molar-refractivity contribution in [1.82, 2.24) is 9.55 Å². The van der Waals surface area contributed by atoms with Gasteiger partial charge in [-0.2, -0.15) is 0 Å². The second-order valence-corrected chi connectivity index (χ2v) is 5.63. The number of hydrogen-bond donors (Lipinski definition) is 0. The lowest BCUT2D eigenvalue weighted by Gasteiger charge is -2.07. The van der Waals surface area contributed by atoms with E-state index < -0.39 is 0 Å². The van der Waals surface area contributed by atoms with Crippen LogP contribution in [0.2, 0.25) is 10.0 Å². The fourth-order valence-electron chi connectivity index (χ4n) is 2.19. The van der Waals surface area contributed by atoms with Crippen molar-refractivity contribution in [3.8, 4) is 0 Å². The number of nitrogens with zero attached hydrogens (tertiary/aromatic N) is 2. The fourth-order valence-corrected chi connectivity index (χ4v) is 2.67. The van der Waals surface area contributed by atoms with Gasteiger partial charge in [0.2, 0.25) is 0 Å². The Kier molecular flexibility index (Phi) is 3.92. The zero-order chi connectivity index (χ0) is 14.1. The molecule has 3 nitrogen and oxygen atoms in total. The van der Waals surface area contributed by atoms with Crippen molar-refractivity contribution in [3.63, 3.8) is 0 Å². The van der Waals surface area contributed by atoms with Crippen LogP contribution in [0.1, 0.15) is 11.4 Å². The van der Waals surface area contributed by atoms with Crippen LogP contribution >= 0.6 is 34.8 Å². The maximum absolute atomic E-state index is 6.11. The van der Waals surface area contributed by atoms with E-state index in [4.69, 9.17) is 39.2 Å². The average molecular weight is 330 g/mol. The van der Waals surface area contributed by atoms with Gasteiger partial charge in [0.1, 0.15) is 5.82 Å². The van der Waals surface area contributed by atoms with Gasteiger partial charge < -0.3 is 8.98 Å². The second kappa shape index (κ2) is 5.68. The maximum atomic E-state index is 6.11. The van der Waals surface area contributed by atoms with Crippen LogP contribution in [0, 0.1) is 0 Å². The second-order valence-electron chi connectivity index (χ2n) is 4.44. The van der Waals surface area contributed by atoms with Crippen molar-refractivity contribution in [2.24, 2.45) is 0 Å². The zero-order valence-corrected chi connectivity index (χ0v) is 12.7. The van der Waals surface area contributed by atoms with Gasteiger partial charge in [0.05, 0.1) is 40.1 Å². The van der Waals surface area contributed by atoms with Crippen molar-refractivity contribution in [2.75, 3.05) is 5.88 Å². The van der Waals surface area contributed by atoms with Crippen molar-refractivity contribution in [1.29, 1.82) is 0 Å². The fraction of sp³-hybridized carbons (Fsp3) is 0.214. The molecule has 0 N–H and O–H groups in total. The highest BCUT2D eigenvalue weighted by molar-refractivity contribution is 6.42. The van der Waals surface area contributed by atoms with E-state index in [0.29, 0.717) is 28.9 Å². The summed E-state index contributed by atoms with van der Waals surface area (Å²) in [4.78, 5) is 4.59. The van der Waals surface area contributed by atoms with Crippen molar-refractivity contribution < 1.29 is 4.42 Å². The third kappa shape index (κ3) is 2.53. The molecule has 0 radical (unpaired) electrons. The Morgan fingerprint density at radius 3 is 2.70 bits per heavy atom. The number of halogens is 3. The molecule has 0 aliphatic rings. The van der Waals surface area contributed by atoms with Crippen LogP contribution in [0.3, 0.4) is 0 Å². The van der Waals surface area contributed by atoms with Gasteiger partial charge in [0, 0.05) is 17.9 Å². The Hall–Kier alpha value is -1.16. The summed E-state index contributed by atoms with van der Waals surface area (Å²) in [6, 6.07) is 5.54. The number of hydrogen-bond acceptors (Lipinski definition) is 2. The van der Waals surface area contributed by atoms with Crippen LogP contribution in [0.15, 0.2) is 35.1 Å². The molecule has 6 heteroatoms. The molecule has 0 fully saturated rings. The molecule has 104 valence electrons. The minimum absolute atomic E-state index is 0.504. The van der Waals surface area contributed by atoms with Gasteiger partial charge in [-0.15, -0.1) is 11.6 Å². The molecule has 0 bridgehead atoms. The first-order chi connectivity index (χ1) is 9.69. The summed E-state index contributed by atoms with van der Waals surface area (Å²) >= 11 is 18.0. The molecule has 0 aliphatic carbocycles. The van der Waals surface area contributed by atoms with Gasteiger partial charge in [-0.05, 0) is 18.2 Å².